The molecule has 0 bridgehead atoms. The number of imidazole rings is 1. The molecule has 0 saturated heterocycles. The Morgan fingerprint density at radius 1 is 1.38 bits per heavy atom. The molecule has 3 rings (SSSR count). The second kappa shape index (κ2) is 5.57. The van der Waals surface area contributed by atoms with Crippen LogP contribution in [-0.2, 0) is 6.42 Å². The third kappa shape index (κ3) is 2.90. The van der Waals surface area contributed by atoms with Gasteiger partial charge in [0.1, 0.15) is 11.4 Å². The van der Waals surface area contributed by atoms with Gasteiger partial charge in [-0.15, -0.1) is 11.3 Å². The van der Waals surface area contributed by atoms with Crippen LogP contribution in [0.2, 0.25) is 0 Å². The van der Waals surface area contributed by atoms with Crippen LogP contribution in [0.1, 0.15) is 21.7 Å². The van der Waals surface area contributed by atoms with Crippen molar-refractivity contribution in [3.63, 3.8) is 0 Å². The number of nitrogens with one attached hydrogen (secondary N) is 1. The number of hydrogen-bond acceptors (Lipinski definition) is 4. The van der Waals surface area contributed by atoms with E-state index in [2.05, 4.69) is 10.3 Å². The quantitative estimate of drug-likeness (QED) is 0.777. The van der Waals surface area contributed by atoms with Gasteiger partial charge in [-0.3, -0.25) is 9.20 Å². The second-order valence-electron chi connectivity index (χ2n) is 4.83. The maximum atomic E-state index is 12.0. The van der Waals surface area contributed by atoms with E-state index in [0.29, 0.717) is 18.7 Å². The highest BCUT2D eigenvalue weighted by atomic mass is 32.1. The van der Waals surface area contributed by atoms with Crippen molar-refractivity contribution in [3.8, 4) is 5.75 Å². The average Bonchev–Trinajstić information content (AvgIpc) is 3.04. The minimum Gasteiger partial charge on any atom is -0.508 e. The first-order valence-corrected chi connectivity index (χ1v) is 7.51. The Balaban J connectivity index is 1.59. The van der Waals surface area contributed by atoms with Crippen molar-refractivity contribution in [2.45, 2.75) is 13.3 Å². The molecule has 0 saturated carbocycles. The maximum absolute atomic E-state index is 12.0. The van der Waals surface area contributed by atoms with Crippen LogP contribution in [0.25, 0.3) is 4.96 Å². The van der Waals surface area contributed by atoms with Crippen LogP contribution in [-0.4, -0.2) is 26.9 Å². The monoisotopic (exact) mass is 301 g/mol. The van der Waals surface area contributed by atoms with Gasteiger partial charge in [0.25, 0.3) is 5.91 Å². The van der Waals surface area contributed by atoms with E-state index in [0.717, 1.165) is 16.2 Å². The number of fused-ring (bicyclic) bond motifs is 1. The van der Waals surface area contributed by atoms with Crippen LogP contribution in [0, 0.1) is 6.92 Å². The summed E-state index contributed by atoms with van der Waals surface area (Å²) >= 11 is 1.52. The van der Waals surface area contributed by atoms with Crippen molar-refractivity contribution in [2.24, 2.45) is 0 Å². The zero-order chi connectivity index (χ0) is 14.8. The van der Waals surface area contributed by atoms with Crippen molar-refractivity contribution in [3.05, 3.63) is 52.8 Å². The SMILES string of the molecule is Cc1csc2nc(C(=O)NCCc3ccc(O)cc3)cn12. The van der Waals surface area contributed by atoms with Crippen LogP contribution >= 0.6 is 11.3 Å². The molecule has 0 aliphatic rings. The van der Waals surface area contributed by atoms with Gasteiger partial charge in [-0.25, -0.2) is 4.98 Å². The summed E-state index contributed by atoms with van der Waals surface area (Å²) in [5.41, 5.74) is 2.58. The Labute approximate surface area is 125 Å². The Kier molecular flexibility index (Phi) is 3.62. The number of thiazole rings is 1. The molecule has 2 heterocycles. The maximum Gasteiger partial charge on any atom is 0.271 e. The zero-order valence-corrected chi connectivity index (χ0v) is 12.4. The van der Waals surface area contributed by atoms with E-state index in [1.807, 2.05) is 28.8 Å². The lowest BCUT2D eigenvalue weighted by molar-refractivity contribution is 0.0950. The van der Waals surface area contributed by atoms with Gasteiger partial charge in [0.15, 0.2) is 4.96 Å². The molecule has 0 radical (unpaired) electrons. The first kappa shape index (κ1) is 13.6. The van der Waals surface area contributed by atoms with Crippen LogP contribution in [0.15, 0.2) is 35.8 Å². The summed E-state index contributed by atoms with van der Waals surface area (Å²) in [5, 5.41) is 14.1. The summed E-state index contributed by atoms with van der Waals surface area (Å²) < 4.78 is 1.92. The van der Waals surface area contributed by atoms with E-state index in [9.17, 15) is 9.90 Å². The third-order valence-electron chi connectivity index (χ3n) is 3.26. The number of carbonyl (C=O) groups excluding carboxylic acids is 1. The first-order valence-electron chi connectivity index (χ1n) is 6.63. The molecular weight excluding hydrogens is 286 g/mol. The molecule has 5 nitrogen and oxygen atoms in total. The van der Waals surface area contributed by atoms with E-state index < -0.39 is 0 Å². The van der Waals surface area contributed by atoms with Gasteiger partial charge in [-0.05, 0) is 31.0 Å². The van der Waals surface area contributed by atoms with Crippen molar-refractivity contribution >= 4 is 22.2 Å². The molecular formula is C15H15N3O2S. The molecule has 1 aromatic carbocycles. The van der Waals surface area contributed by atoms with Crippen LogP contribution < -0.4 is 5.32 Å². The van der Waals surface area contributed by atoms with E-state index >= 15 is 0 Å². The minimum absolute atomic E-state index is 0.163. The molecule has 0 unspecified atom stereocenters. The van der Waals surface area contributed by atoms with Gasteiger partial charge in [-0.2, -0.15) is 0 Å². The first-order chi connectivity index (χ1) is 10.1. The highest BCUT2D eigenvalue weighted by Gasteiger charge is 2.12. The minimum atomic E-state index is -0.163. The van der Waals surface area contributed by atoms with Crippen molar-refractivity contribution in [1.82, 2.24) is 14.7 Å². The second-order valence-corrected chi connectivity index (χ2v) is 5.66. The molecule has 2 aromatic heterocycles. The van der Waals surface area contributed by atoms with Crippen molar-refractivity contribution in [2.75, 3.05) is 6.54 Å². The predicted molar refractivity (Wildman–Crippen MR) is 82.0 cm³/mol. The lowest BCUT2D eigenvalue weighted by atomic mass is 10.1. The van der Waals surface area contributed by atoms with E-state index in [1.54, 1.807) is 18.3 Å². The molecule has 0 aliphatic heterocycles. The number of carbonyl (C=O) groups is 1. The van der Waals surface area contributed by atoms with Crippen molar-refractivity contribution < 1.29 is 9.90 Å². The highest BCUT2D eigenvalue weighted by Crippen LogP contribution is 2.15. The zero-order valence-electron chi connectivity index (χ0n) is 11.5. The molecule has 108 valence electrons. The molecule has 3 aromatic rings. The number of amides is 1. The molecule has 21 heavy (non-hydrogen) atoms. The molecule has 1 amide bonds. The number of phenols is 1. The number of rotatable bonds is 4. The van der Waals surface area contributed by atoms with E-state index in [4.69, 9.17) is 0 Å². The Morgan fingerprint density at radius 2 is 2.14 bits per heavy atom. The van der Waals surface area contributed by atoms with Gasteiger partial charge in [0, 0.05) is 23.8 Å². The lowest BCUT2D eigenvalue weighted by Gasteiger charge is -2.03. The van der Waals surface area contributed by atoms with Crippen LogP contribution in [0.5, 0.6) is 5.75 Å². The normalized spacial score (nSPS) is 10.9. The number of hydrogen-bond donors (Lipinski definition) is 2. The number of aryl methyl sites for hydroxylation is 1. The van der Waals surface area contributed by atoms with E-state index in [-0.39, 0.29) is 11.7 Å². The van der Waals surface area contributed by atoms with Gasteiger partial charge in [-0.1, -0.05) is 12.1 Å². The molecule has 6 heteroatoms. The Hall–Kier alpha value is -2.34. The predicted octanol–water partition coefficient (Wildman–Crippen LogP) is 2.38. The molecule has 0 fully saturated rings. The number of nitrogens with zero attached hydrogens (tertiary/aromatic N) is 2. The van der Waals surface area contributed by atoms with Gasteiger partial charge < -0.3 is 10.4 Å². The number of phenolic OH excluding ortho intramolecular Hbond substituents is 1. The van der Waals surface area contributed by atoms with E-state index in [1.165, 1.54) is 11.3 Å². The molecule has 0 aliphatic carbocycles. The smallest absolute Gasteiger partial charge is 0.271 e. The largest absolute Gasteiger partial charge is 0.508 e. The number of aromatic nitrogens is 2. The highest BCUT2D eigenvalue weighted by molar-refractivity contribution is 7.15. The summed E-state index contributed by atoms with van der Waals surface area (Å²) in [6.45, 7) is 2.52. The standard InChI is InChI=1S/C15H15N3O2S/c1-10-9-21-15-17-13(8-18(10)15)14(20)16-7-6-11-2-4-12(19)5-3-11/h2-5,8-9,19H,6-7H2,1H3,(H,16,20). The summed E-state index contributed by atoms with van der Waals surface area (Å²) in [7, 11) is 0. The summed E-state index contributed by atoms with van der Waals surface area (Å²) in [6.07, 6.45) is 2.48. The summed E-state index contributed by atoms with van der Waals surface area (Å²) in [5.74, 6) is 0.0836. The summed E-state index contributed by atoms with van der Waals surface area (Å²) in [4.78, 5) is 17.2. The lowest BCUT2D eigenvalue weighted by Crippen LogP contribution is -2.25. The molecule has 0 atom stereocenters. The summed E-state index contributed by atoms with van der Waals surface area (Å²) in [6, 6.07) is 6.97. The van der Waals surface area contributed by atoms with Crippen LogP contribution in [0.4, 0.5) is 0 Å². The number of benzene rings is 1. The Bertz CT molecular complexity index is 774. The fourth-order valence-corrected chi connectivity index (χ4v) is 2.93. The van der Waals surface area contributed by atoms with Gasteiger partial charge in [0.2, 0.25) is 0 Å². The fourth-order valence-electron chi connectivity index (χ4n) is 2.08. The van der Waals surface area contributed by atoms with Gasteiger partial charge >= 0.3 is 0 Å². The van der Waals surface area contributed by atoms with Crippen LogP contribution in [0.3, 0.4) is 0 Å². The topological polar surface area (TPSA) is 66.6 Å². The van der Waals surface area contributed by atoms with Crippen molar-refractivity contribution in [1.29, 1.82) is 0 Å². The fraction of sp³-hybridized carbons (Fsp3) is 0.200. The Morgan fingerprint density at radius 3 is 2.86 bits per heavy atom. The molecule has 0 spiro atoms. The number of aromatic hydroxyl groups is 1. The van der Waals surface area contributed by atoms with Gasteiger partial charge in [0.05, 0.1) is 0 Å². The average molecular weight is 301 g/mol. The third-order valence-corrected chi connectivity index (χ3v) is 4.21. The molecule has 2 N–H and O–H groups in total.